The van der Waals surface area contributed by atoms with Gasteiger partial charge in [0, 0.05) is 56.7 Å². The second-order valence-corrected chi connectivity index (χ2v) is 11.4. The van der Waals surface area contributed by atoms with Crippen molar-refractivity contribution in [1.82, 2.24) is 15.1 Å². The summed E-state index contributed by atoms with van der Waals surface area (Å²) in [5.74, 6) is -1.65. The van der Waals surface area contributed by atoms with Crippen LogP contribution in [0.25, 0.3) is 5.57 Å². The molecular formula is C31H36F3N3O5. The fourth-order valence-electron chi connectivity index (χ4n) is 5.03. The SMILES string of the molecule is CCN(CCNC(=O)C(F)(F)F)C(=O)c1ccc(C2=CC3(CCN(C(=O)OC(C)(C)C)CC3)Oc3ccccc32)cc1. The van der Waals surface area contributed by atoms with Gasteiger partial charge >= 0.3 is 18.2 Å². The molecule has 1 N–H and O–H groups in total. The third-order valence-corrected chi connectivity index (χ3v) is 7.20. The standard InChI is InChI=1S/C31H36F3N3O5/c1-5-36(19-16-35-27(39)31(32,33)34)26(38)22-12-10-21(11-13-22)24-20-30(41-25-9-7-6-8-23(24)25)14-17-37(18-15-30)28(40)42-29(2,3)4/h6-13,20H,5,14-19H2,1-4H3,(H,35,39). The van der Waals surface area contributed by atoms with Gasteiger partial charge in [0.15, 0.2) is 0 Å². The number of carbonyl (C=O) groups excluding carboxylic acids is 3. The van der Waals surface area contributed by atoms with Crippen LogP contribution in [0.5, 0.6) is 5.75 Å². The Morgan fingerprint density at radius 2 is 1.67 bits per heavy atom. The van der Waals surface area contributed by atoms with Crippen LogP contribution < -0.4 is 10.1 Å². The molecule has 0 atom stereocenters. The van der Waals surface area contributed by atoms with Gasteiger partial charge in [0.25, 0.3) is 5.91 Å². The number of ether oxygens (including phenoxy) is 2. The average Bonchev–Trinajstić information content (AvgIpc) is 2.93. The molecule has 8 nitrogen and oxygen atoms in total. The number of fused-ring (bicyclic) bond motifs is 1. The van der Waals surface area contributed by atoms with Crippen molar-refractivity contribution in [1.29, 1.82) is 0 Å². The van der Waals surface area contributed by atoms with E-state index in [0.29, 0.717) is 31.5 Å². The molecule has 2 aliphatic heterocycles. The van der Waals surface area contributed by atoms with Gasteiger partial charge in [0.1, 0.15) is 17.0 Å². The predicted octanol–water partition coefficient (Wildman–Crippen LogP) is 5.42. The van der Waals surface area contributed by atoms with E-state index >= 15 is 0 Å². The highest BCUT2D eigenvalue weighted by Gasteiger charge is 2.41. The Bertz CT molecular complexity index is 1340. The highest BCUT2D eigenvalue weighted by molar-refractivity contribution is 5.95. The summed E-state index contributed by atoms with van der Waals surface area (Å²) in [5, 5.41) is 1.80. The summed E-state index contributed by atoms with van der Waals surface area (Å²) < 4.78 is 49.4. The smallest absolute Gasteiger partial charge is 0.471 e. The van der Waals surface area contributed by atoms with E-state index in [-0.39, 0.29) is 31.6 Å². The summed E-state index contributed by atoms with van der Waals surface area (Å²) >= 11 is 0. The number of alkyl halides is 3. The quantitative estimate of drug-likeness (QED) is 0.488. The number of piperidine rings is 1. The molecule has 11 heteroatoms. The summed E-state index contributed by atoms with van der Waals surface area (Å²) in [7, 11) is 0. The van der Waals surface area contributed by atoms with Crippen molar-refractivity contribution in [3.05, 3.63) is 71.3 Å². The molecule has 2 aromatic carbocycles. The van der Waals surface area contributed by atoms with E-state index in [0.717, 1.165) is 22.4 Å². The van der Waals surface area contributed by atoms with Gasteiger partial charge in [0.2, 0.25) is 0 Å². The minimum absolute atomic E-state index is 0.0579. The molecule has 0 saturated carbocycles. The lowest BCUT2D eigenvalue weighted by atomic mass is 9.83. The molecule has 0 aliphatic carbocycles. The second kappa shape index (κ2) is 12.1. The molecule has 2 heterocycles. The number of nitrogens with one attached hydrogen (secondary N) is 1. The highest BCUT2D eigenvalue weighted by atomic mass is 19.4. The molecule has 42 heavy (non-hydrogen) atoms. The van der Waals surface area contributed by atoms with E-state index in [9.17, 15) is 27.6 Å². The van der Waals surface area contributed by atoms with Gasteiger partial charge in [0.05, 0.1) is 0 Å². The molecule has 1 fully saturated rings. The molecule has 0 radical (unpaired) electrons. The number of amides is 3. The summed E-state index contributed by atoms with van der Waals surface area (Å²) in [6, 6.07) is 14.8. The highest BCUT2D eigenvalue weighted by Crippen LogP contribution is 2.43. The first-order chi connectivity index (χ1) is 19.7. The molecule has 2 aliphatic rings. The van der Waals surface area contributed by atoms with Crippen molar-refractivity contribution in [2.24, 2.45) is 0 Å². The van der Waals surface area contributed by atoms with Crippen molar-refractivity contribution >= 4 is 23.5 Å². The van der Waals surface area contributed by atoms with Crippen LogP contribution in [0, 0.1) is 0 Å². The Morgan fingerprint density at radius 1 is 1.02 bits per heavy atom. The average molecular weight is 588 g/mol. The lowest BCUT2D eigenvalue weighted by Crippen LogP contribution is -2.50. The third kappa shape index (κ3) is 7.24. The van der Waals surface area contributed by atoms with Crippen LogP contribution in [0.1, 0.15) is 62.0 Å². The monoisotopic (exact) mass is 587 g/mol. The fourth-order valence-corrected chi connectivity index (χ4v) is 5.03. The van der Waals surface area contributed by atoms with Gasteiger partial charge in [-0.05, 0) is 63.1 Å². The number of likely N-dealkylation sites (tertiary alicyclic amines) is 1. The number of hydrogen-bond acceptors (Lipinski definition) is 5. The summed E-state index contributed by atoms with van der Waals surface area (Å²) in [6.45, 7) is 8.08. The molecule has 3 amide bonds. The van der Waals surface area contributed by atoms with Crippen molar-refractivity contribution in [3.8, 4) is 5.75 Å². The maximum Gasteiger partial charge on any atom is 0.471 e. The predicted molar refractivity (Wildman–Crippen MR) is 151 cm³/mol. The summed E-state index contributed by atoms with van der Waals surface area (Å²) in [6.07, 6.45) is -2.06. The molecule has 1 spiro atoms. The van der Waals surface area contributed by atoms with Crippen LogP contribution in [0.3, 0.4) is 0 Å². The van der Waals surface area contributed by atoms with Crippen molar-refractivity contribution in [3.63, 3.8) is 0 Å². The number of halogens is 3. The molecule has 0 aromatic heterocycles. The van der Waals surface area contributed by atoms with Crippen LogP contribution in [0.2, 0.25) is 0 Å². The second-order valence-electron chi connectivity index (χ2n) is 11.4. The Balaban J connectivity index is 1.50. The molecule has 0 bridgehead atoms. The van der Waals surface area contributed by atoms with Gasteiger partial charge in [-0.25, -0.2) is 4.79 Å². The number of nitrogens with zero attached hydrogens (tertiary/aromatic N) is 2. The minimum atomic E-state index is -4.97. The maximum atomic E-state index is 13.1. The van der Waals surface area contributed by atoms with Crippen LogP contribution in [-0.4, -0.2) is 77.8 Å². The van der Waals surface area contributed by atoms with Crippen molar-refractivity contribution in [2.45, 2.75) is 57.9 Å². The molecule has 2 aromatic rings. The van der Waals surface area contributed by atoms with E-state index in [1.807, 2.05) is 57.2 Å². The van der Waals surface area contributed by atoms with Crippen molar-refractivity contribution < 1.29 is 37.0 Å². The van der Waals surface area contributed by atoms with Gasteiger partial charge in [-0.1, -0.05) is 30.3 Å². The Labute approximate surface area is 243 Å². The Kier molecular flexibility index (Phi) is 8.89. The van der Waals surface area contributed by atoms with Crippen LogP contribution >= 0.6 is 0 Å². The van der Waals surface area contributed by atoms with Gasteiger partial charge in [-0.2, -0.15) is 13.2 Å². The molecular weight excluding hydrogens is 551 g/mol. The van der Waals surface area contributed by atoms with Gasteiger partial charge < -0.3 is 24.6 Å². The Hall–Kier alpha value is -4.02. The lowest BCUT2D eigenvalue weighted by Gasteiger charge is -2.43. The van der Waals surface area contributed by atoms with Crippen LogP contribution in [-0.2, 0) is 9.53 Å². The molecule has 4 rings (SSSR count). The topological polar surface area (TPSA) is 88.2 Å². The van der Waals surface area contributed by atoms with E-state index in [1.165, 1.54) is 4.90 Å². The number of para-hydroxylation sites is 1. The fraction of sp³-hybridized carbons (Fsp3) is 0.452. The zero-order chi connectivity index (χ0) is 30.7. The summed E-state index contributed by atoms with van der Waals surface area (Å²) in [4.78, 5) is 39.8. The number of hydrogen-bond donors (Lipinski definition) is 1. The van der Waals surface area contributed by atoms with Gasteiger partial charge in [-0.3, -0.25) is 9.59 Å². The largest absolute Gasteiger partial charge is 0.482 e. The van der Waals surface area contributed by atoms with Gasteiger partial charge in [-0.15, -0.1) is 0 Å². The van der Waals surface area contributed by atoms with Crippen LogP contribution in [0.4, 0.5) is 18.0 Å². The molecule has 0 unspecified atom stereocenters. The third-order valence-electron chi connectivity index (χ3n) is 7.20. The number of likely N-dealkylation sites (N-methyl/N-ethyl adjacent to an activating group) is 1. The zero-order valence-electron chi connectivity index (χ0n) is 24.2. The zero-order valence-corrected chi connectivity index (χ0v) is 24.2. The minimum Gasteiger partial charge on any atom is -0.482 e. The molecule has 1 saturated heterocycles. The van der Waals surface area contributed by atoms with E-state index < -0.39 is 23.3 Å². The first-order valence-corrected chi connectivity index (χ1v) is 14.0. The van der Waals surface area contributed by atoms with Crippen LogP contribution in [0.15, 0.2) is 54.6 Å². The van der Waals surface area contributed by atoms with E-state index in [1.54, 1.807) is 29.3 Å². The van der Waals surface area contributed by atoms with E-state index in [4.69, 9.17) is 9.47 Å². The number of benzene rings is 2. The normalized spacial score (nSPS) is 16.2. The number of rotatable bonds is 6. The van der Waals surface area contributed by atoms with Crippen molar-refractivity contribution in [2.75, 3.05) is 32.7 Å². The maximum absolute atomic E-state index is 13.1. The Morgan fingerprint density at radius 3 is 2.26 bits per heavy atom. The lowest BCUT2D eigenvalue weighted by molar-refractivity contribution is -0.173. The molecule has 226 valence electrons. The first kappa shape index (κ1) is 30.9. The number of carbonyl (C=O) groups is 3. The first-order valence-electron chi connectivity index (χ1n) is 14.0. The summed E-state index contributed by atoms with van der Waals surface area (Å²) in [5.41, 5.74) is 1.91. The van der Waals surface area contributed by atoms with E-state index in [2.05, 4.69) is 6.08 Å².